The van der Waals surface area contributed by atoms with Crippen LogP contribution in [0.15, 0.2) is 11.6 Å². The smallest absolute Gasteiger partial charge is 0.333 e. The molecule has 0 bridgehead atoms. The Labute approximate surface area is 86.3 Å². The molecule has 1 aliphatic carbocycles. The molecule has 2 heteroatoms. The van der Waals surface area contributed by atoms with Crippen molar-refractivity contribution in [2.45, 2.75) is 39.5 Å². The molecule has 0 aliphatic heterocycles. The minimum atomic E-state index is -0.188. The molecule has 1 fully saturated rings. The Bertz CT molecular complexity index is 230. The second kappa shape index (κ2) is 5.18. The Morgan fingerprint density at radius 3 is 2.79 bits per heavy atom. The predicted octanol–water partition coefficient (Wildman–Crippen LogP) is 2.93. The highest BCUT2D eigenvalue weighted by Crippen LogP contribution is 2.35. The lowest BCUT2D eigenvalue weighted by Gasteiger charge is -2.14. The largest absolute Gasteiger partial charge is 0.466 e. The zero-order valence-electron chi connectivity index (χ0n) is 9.38. The predicted molar refractivity (Wildman–Crippen MR) is 56.9 cm³/mol. The molecule has 0 radical (unpaired) electrons. The van der Waals surface area contributed by atoms with Crippen LogP contribution in [0.25, 0.3) is 0 Å². The van der Waals surface area contributed by atoms with Crippen LogP contribution in [0.4, 0.5) is 0 Å². The fourth-order valence-corrected chi connectivity index (χ4v) is 2.34. The molecule has 0 spiro atoms. The van der Waals surface area contributed by atoms with Crippen LogP contribution < -0.4 is 0 Å². The number of carbonyl (C=O) groups excluding carboxylic acids is 1. The molecule has 2 unspecified atom stereocenters. The van der Waals surface area contributed by atoms with E-state index in [1.54, 1.807) is 0 Å². The molecule has 1 aliphatic rings. The van der Waals surface area contributed by atoms with Crippen LogP contribution in [0.5, 0.6) is 0 Å². The summed E-state index contributed by atoms with van der Waals surface area (Å²) in [5, 5.41) is 0. The third kappa shape index (κ3) is 2.60. The highest BCUT2D eigenvalue weighted by atomic mass is 16.5. The van der Waals surface area contributed by atoms with Crippen LogP contribution in [-0.2, 0) is 9.53 Å². The fraction of sp³-hybridized carbons (Fsp3) is 0.750. The van der Waals surface area contributed by atoms with Crippen LogP contribution >= 0.6 is 0 Å². The molecule has 0 amide bonds. The molecule has 0 aromatic carbocycles. The number of methoxy groups -OCH3 is 1. The van der Waals surface area contributed by atoms with E-state index >= 15 is 0 Å². The Balaban J connectivity index is 2.61. The summed E-state index contributed by atoms with van der Waals surface area (Å²) in [6, 6.07) is 0. The van der Waals surface area contributed by atoms with Crippen molar-refractivity contribution >= 4 is 5.97 Å². The first kappa shape index (κ1) is 11.3. The number of esters is 1. The normalized spacial score (nSPS) is 27.8. The monoisotopic (exact) mass is 196 g/mol. The molecule has 2 nitrogen and oxygen atoms in total. The number of hydrogen-bond donors (Lipinski definition) is 0. The van der Waals surface area contributed by atoms with Crippen molar-refractivity contribution in [3.8, 4) is 0 Å². The molecule has 0 aromatic heterocycles. The van der Waals surface area contributed by atoms with E-state index in [0.717, 1.165) is 11.5 Å². The van der Waals surface area contributed by atoms with Gasteiger partial charge in [-0.2, -0.15) is 0 Å². The number of allylic oxidation sites excluding steroid dienone is 1. The highest BCUT2D eigenvalue weighted by molar-refractivity contribution is 5.87. The van der Waals surface area contributed by atoms with Crippen molar-refractivity contribution in [2.75, 3.05) is 7.11 Å². The van der Waals surface area contributed by atoms with Crippen molar-refractivity contribution < 1.29 is 9.53 Å². The summed E-state index contributed by atoms with van der Waals surface area (Å²) in [7, 11) is 1.44. The Kier molecular flexibility index (Phi) is 4.18. The second-order valence-corrected chi connectivity index (χ2v) is 4.10. The summed E-state index contributed by atoms with van der Waals surface area (Å²) < 4.78 is 4.68. The van der Waals surface area contributed by atoms with E-state index in [9.17, 15) is 4.79 Å². The first-order valence-corrected chi connectivity index (χ1v) is 5.45. The Morgan fingerprint density at radius 2 is 2.21 bits per heavy atom. The van der Waals surface area contributed by atoms with Gasteiger partial charge in [-0.05, 0) is 31.6 Å². The average Bonchev–Trinajstić information content (AvgIpc) is 2.63. The van der Waals surface area contributed by atoms with Gasteiger partial charge in [-0.3, -0.25) is 0 Å². The van der Waals surface area contributed by atoms with Gasteiger partial charge in [-0.15, -0.1) is 0 Å². The maximum absolute atomic E-state index is 11.2. The molecule has 1 rings (SSSR count). The van der Waals surface area contributed by atoms with Crippen molar-refractivity contribution in [2.24, 2.45) is 11.8 Å². The summed E-state index contributed by atoms with van der Waals surface area (Å²) in [4.78, 5) is 11.2. The zero-order valence-corrected chi connectivity index (χ0v) is 9.38. The molecule has 80 valence electrons. The first-order valence-electron chi connectivity index (χ1n) is 5.45. The van der Waals surface area contributed by atoms with Crippen LogP contribution in [0.3, 0.4) is 0 Å². The molecular weight excluding hydrogens is 176 g/mol. The Hall–Kier alpha value is -0.790. The Morgan fingerprint density at radius 1 is 1.50 bits per heavy atom. The topological polar surface area (TPSA) is 26.3 Å². The highest BCUT2D eigenvalue weighted by Gasteiger charge is 2.24. The van der Waals surface area contributed by atoms with Crippen LogP contribution in [0.2, 0.25) is 0 Å². The lowest BCUT2D eigenvalue weighted by Crippen LogP contribution is -2.08. The maximum atomic E-state index is 11.2. The summed E-state index contributed by atoms with van der Waals surface area (Å²) >= 11 is 0. The lowest BCUT2D eigenvalue weighted by atomic mass is 9.92. The van der Waals surface area contributed by atoms with Crippen molar-refractivity contribution in [3.63, 3.8) is 0 Å². The number of carbonyl (C=O) groups is 1. The summed E-state index contributed by atoms with van der Waals surface area (Å²) in [5.74, 6) is 1.18. The van der Waals surface area contributed by atoms with Crippen molar-refractivity contribution in [3.05, 3.63) is 11.6 Å². The van der Waals surface area contributed by atoms with Gasteiger partial charge in [0.1, 0.15) is 0 Å². The van der Waals surface area contributed by atoms with Crippen LogP contribution in [0.1, 0.15) is 39.5 Å². The van der Waals surface area contributed by atoms with E-state index in [1.165, 1.54) is 32.8 Å². The van der Waals surface area contributed by atoms with E-state index in [1.807, 2.05) is 6.92 Å². The summed E-state index contributed by atoms with van der Waals surface area (Å²) in [5.41, 5.74) is 0.762. The molecule has 0 N–H and O–H groups in total. The van der Waals surface area contributed by atoms with Gasteiger partial charge in [0.05, 0.1) is 7.11 Å². The van der Waals surface area contributed by atoms with Gasteiger partial charge in [-0.25, -0.2) is 4.79 Å². The van der Waals surface area contributed by atoms with Crippen molar-refractivity contribution in [1.29, 1.82) is 0 Å². The number of hydrogen-bond acceptors (Lipinski definition) is 2. The second-order valence-electron chi connectivity index (χ2n) is 4.10. The molecule has 0 aromatic rings. The van der Waals surface area contributed by atoms with Crippen LogP contribution in [-0.4, -0.2) is 13.1 Å². The molecule has 2 atom stereocenters. The van der Waals surface area contributed by atoms with Gasteiger partial charge in [0.15, 0.2) is 0 Å². The molecular formula is C12H20O2. The van der Waals surface area contributed by atoms with E-state index in [-0.39, 0.29) is 5.97 Å². The lowest BCUT2D eigenvalue weighted by molar-refractivity contribution is -0.136. The molecule has 1 saturated carbocycles. The summed E-state index contributed by atoms with van der Waals surface area (Å²) in [6.45, 7) is 4.07. The average molecular weight is 196 g/mol. The molecule has 0 heterocycles. The van der Waals surface area contributed by atoms with Gasteiger partial charge in [0, 0.05) is 5.57 Å². The third-order valence-electron chi connectivity index (χ3n) is 3.21. The number of ether oxygens (including phenoxy) is 1. The van der Waals surface area contributed by atoms with E-state index in [4.69, 9.17) is 0 Å². The van der Waals surface area contributed by atoms with Gasteiger partial charge in [-0.1, -0.05) is 25.8 Å². The van der Waals surface area contributed by atoms with Crippen LogP contribution in [0, 0.1) is 11.8 Å². The standard InChI is InChI=1S/C12H20O2/c1-4-10-6-5-7-11(10)8-9(2)12(13)14-3/h8,10-11H,4-7H2,1-3H3. The molecule has 0 saturated heterocycles. The minimum Gasteiger partial charge on any atom is -0.466 e. The minimum absolute atomic E-state index is 0.188. The zero-order chi connectivity index (χ0) is 10.6. The SMILES string of the molecule is CCC1CCCC1C=C(C)C(=O)OC. The van der Waals surface area contributed by atoms with Crippen molar-refractivity contribution in [1.82, 2.24) is 0 Å². The fourth-order valence-electron chi connectivity index (χ4n) is 2.34. The number of rotatable bonds is 3. The van der Waals surface area contributed by atoms with E-state index in [2.05, 4.69) is 17.7 Å². The molecule has 14 heavy (non-hydrogen) atoms. The van der Waals surface area contributed by atoms with E-state index < -0.39 is 0 Å². The van der Waals surface area contributed by atoms with Gasteiger partial charge in [0.2, 0.25) is 0 Å². The first-order chi connectivity index (χ1) is 6.69. The quantitative estimate of drug-likeness (QED) is 0.512. The third-order valence-corrected chi connectivity index (χ3v) is 3.21. The van der Waals surface area contributed by atoms with E-state index in [0.29, 0.717) is 5.92 Å². The van der Waals surface area contributed by atoms with Gasteiger partial charge < -0.3 is 4.74 Å². The van der Waals surface area contributed by atoms with Gasteiger partial charge in [0.25, 0.3) is 0 Å². The van der Waals surface area contributed by atoms with Gasteiger partial charge >= 0.3 is 5.97 Å². The summed E-state index contributed by atoms with van der Waals surface area (Å²) in [6.07, 6.45) is 7.16. The maximum Gasteiger partial charge on any atom is 0.333 e.